The van der Waals surface area contributed by atoms with Gasteiger partial charge in [0, 0.05) is 28.7 Å². The van der Waals surface area contributed by atoms with E-state index in [0.717, 1.165) is 14.2 Å². The molecule has 0 aromatic heterocycles. The Bertz CT molecular complexity index is 2760. The summed E-state index contributed by atoms with van der Waals surface area (Å²) in [5, 5.41) is 7.52. The molecule has 2 unspecified atom stereocenters. The number of benzene rings is 3. The van der Waals surface area contributed by atoms with Gasteiger partial charge in [0.2, 0.25) is 0 Å². The van der Waals surface area contributed by atoms with Crippen molar-refractivity contribution in [2.75, 3.05) is 41.7 Å². The average Bonchev–Trinajstić information content (AvgIpc) is 3.35. The molecule has 0 bridgehead atoms. The lowest BCUT2D eigenvalue weighted by Gasteiger charge is -2.31. The predicted molar refractivity (Wildman–Crippen MR) is 284 cm³/mol. The van der Waals surface area contributed by atoms with Crippen LogP contribution in [-0.2, 0) is 66.8 Å². The second-order valence-electron chi connectivity index (χ2n) is 16.4. The number of nitrogens with one attached hydrogen (secondary N) is 2. The fourth-order valence-corrected chi connectivity index (χ4v) is 9.80. The Morgan fingerprint density at radius 1 is 0.467 bits per heavy atom. The molecule has 0 aliphatic carbocycles. The lowest BCUT2D eigenvalue weighted by atomic mass is 9.73. The first-order valence-electron chi connectivity index (χ1n) is 22.7. The summed E-state index contributed by atoms with van der Waals surface area (Å²) in [6, 6.07) is 14.7. The Hall–Kier alpha value is -5.88. The molecule has 2 N–H and O–H groups in total. The minimum absolute atomic E-state index is 0.0412. The van der Waals surface area contributed by atoms with Crippen LogP contribution < -0.4 is 10.6 Å². The minimum atomic E-state index is -1.42. The lowest BCUT2D eigenvalue weighted by Crippen LogP contribution is -2.40. The van der Waals surface area contributed by atoms with Crippen LogP contribution >= 0.6 is 69.6 Å². The van der Waals surface area contributed by atoms with Crippen molar-refractivity contribution in [3.63, 3.8) is 0 Å². The third-order valence-electron chi connectivity index (χ3n) is 11.8. The maximum absolute atomic E-state index is 12.7. The topological polar surface area (TPSA) is 216 Å². The first-order valence-corrected chi connectivity index (χ1v) is 25.0. The van der Waals surface area contributed by atoms with Gasteiger partial charge in [0.05, 0.1) is 106 Å². The van der Waals surface area contributed by atoms with Crippen LogP contribution in [0.2, 0.25) is 30.1 Å². The molecule has 404 valence electrons. The van der Waals surface area contributed by atoms with Crippen molar-refractivity contribution in [2.24, 2.45) is 11.8 Å². The van der Waals surface area contributed by atoms with Crippen LogP contribution in [-0.4, -0.2) is 89.0 Å². The van der Waals surface area contributed by atoms with Crippen molar-refractivity contribution >= 4 is 117 Å². The molecular formula is C53H56Cl6N2O14. The number of rotatable bonds is 15. The summed E-state index contributed by atoms with van der Waals surface area (Å²) in [6.07, 6.45) is 0. The third kappa shape index (κ3) is 14.7. The largest absolute Gasteiger partial charge is 0.468 e. The van der Waals surface area contributed by atoms with E-state index in [1.54, 1.807) is 84.0 Å². The molecule has 0 spiro atoms. The fraction of sp³-hybridized carbons (Fsp3) is 0.358. The van der Waals surface area contributed by atoms with Gasteiger partial charge in [0.15, 0.2) is 0 Å². The summed E-state index contributed by atoms with van der Waals surface area (Å²) in [5.74, 6) is -10.6. The number of hydrogen-bond acceptors (Lipinski definition) is 16. The number of ether oxygens (including phenoxy) is 6. The molecular weight excluding hydrogens is 1100 g/mol. The zero-order valence-electron chi connectivity index (χ0n) is 43.0. The zero-order valence-corrected chi connectivity index (χ0v) is 47.5. The Balaban J connectivity index is 0.000000297. The summed E-state index contributed by atoms with van der Waals surface area (Å²) in [7, 11) is 4.77. The van der Waals surface area contributed by atoms with E-state index < -0.39 is 77.0 Å². The lowest BCUT2D eigenvalue weighted by molar-refractivity contribution is -0.155. The monoisotopic (exact) mass is 1150 g/mol. The van der Waals surface area contributed by atoms with Gasteiger partial charge in [-0.05, 0) is 90.3 Å². The highest BCUT2D eigenvalue weighted by Crippen LogP contribution is 2.46. The maximum Gasteiger partial charge on any atom is 0.336 e. The first kappa shape index (κ1) is 63.4. The van der Waals surface area contributed by atoms with Crippen LogP contribution in [0.3, 0.4) is 0 Å². The number of carbonyl (C=O) groups excluding carboxylic acids is 8. The highest BCUT2D eigenvalue weighted by atomic mass is 35.5. The van der Waals surface area contributed by atoms with E-state index in [-0.39, 0.29) is 50.0 Å². The zero-order chi connectivity index (χ0) is 56.8. The van der Waals surface area contributed by atoms with Gasteiger partial charge in [0.25, 0.3) is 0 Å². The fourth-order valence-electron chi connectivity index (χ4n) is 8.53. The van der Waals surface area contributed by atoms with Crippen LogP contribution in [0.5, 0.6) is 0 Å². The number of halogens is 6. The van der Waals surface area contributed by atoms with Crippen molar-refractivity contribution < 1.29 is 66.8 Å². The van der Waals surface area contributed by atoms with Crippen molar-refractivity contribution in [1.82, 2.24) is 10.6 Å². The van der Waals surface area contributed by atoms with E-state index >= 15 is 0 Å². The van der Waals surface area contributed by atoms with Crippen molar-refractivity contribution in [2.45, 2.75) is 73.1 Å². The molecule has 16 nitrogen and oxygen atoms in total. The van der Waals surface area contributed by atoms with Gasteiger partial charge in [0.1, 0.15) is 23.4 Å². The quantitative estimate of drug-likeness (QED) is 0.0822. The molecule has 3 aromatic carbocycles. The van der Waals surface area contributed by atoms with E-state index in [4.69, 9.17) is 98.0 Å². The molecule has 0 amide bonds. The van der Waals surface area contributed by atoms with Gasteiger partial charge in [-0.3, -0.25) is 19.2 Å². The average molecular weight is 1160 g/mol. The molecule has 0 fully saturated rings. The Kier molecular flexibility index (Phi) is 24.4. The summed E-state index contributed by atoms with van der Waals surface area (Å²) in [6.45, 7) is 13.2. The smallest absolute Gasteiger partial charge is 0.336 e. The van der Waals surface area contributed by atoms with Gasteiger partial charge in [-0.25, -0.2) is 19.2 Å². The van der Waals surface area contributed by atoms with Crippen molar-refractivity contribution in [3.8, 4) is 0 Å². The Morgan fingerprint density at radius 3 is 1.07 bits per heavy atom. The molecule has 0 saturated heterocycles. The summed E-state index contributed by atoms with van der Waals surface area (Å²) in [4.78, 5) is 98.7. The number of carbonyl (C=O) groups is 8. The molecule has 2 aliphatic rings. The number of ketones is 2. The molecule has 75 heavy (non-hydrogen) atoms. The number of Topliss-reactive ketones (excluding diaryl/α,β-unsaturated/α-hetero) is 2. The van der Waals surface area contributed by atoms with Gasteiger partial charge in [-0.2, -0.15) is 0 Å². The van der Waals surface area contributed by atoms with Crippen LogP contribution in [0.4, 0.5) is 0 Å². The number of esters is 6. The van der Waals surface area contributed by atoms with E-state index in [1.807, 2.05) is 0 Å². The Morgan fingerprint density at radius 2 is 0.773 bits per heavy atom. The van der Waals surface area contributed by atoms with Crippen LogP contribution in [0, 0.1) is 11.8 Å². The molecule has 0 radical (unpaired) electrons. The number of dihydropyridines is 2. The SMILES string of the molecule is CCOC(=O)C1=C(C)NC(C)=C(C(=O)OCC)C1c1cccc(Cl)c1Cl.COC(=O)C(C(C)=O)C(c1cccc(Cl)c1Cl)C(C(C)=O)C(=O)OC.COC(=O)C1=C(C)NC(C)=C(C(=O)OC)C1c1cccc(Cl)c1Cl. The number of allylic oxidation sites excluding steroid dienone is 4. The highest BCUT2D eigenvalue weighted by molar-refractivity contribution is 6.43. The van der Waals surface area contributed by atoms with Crippen LogP contribution in [0.25, 0.3) is 0 Å². The summed E-state index contributed by atoms with van der Waals surface area (Å²) >= 11 is 37.3. The number of methoxy groups -OCH3 is 4. The van der Waals surface area contributed by atoms with E-state index in [2.05, 4.69) is 10.6 Å². The van der Waals surface area contributed by atoms with E-state index in [9.17, 15) is 38.4 Å². The van der Waals surface area contributed by atoms with Crippen LogP contribution in [0.1, 0.15) is 89.8 Å². The number of hydrogen-bond donors (Lipinski definition) is 2. The predicted octanol–water partition coefficient (Wildman–Crippen LogP) is 10.8. The first-order chi connectivity index (χ1) is 35.3. The molecule has 22 heteroatoms. The molecule has 2 heterocycles. The van der Waals surface area contributed by atoms with Gasteiger partial charge in [-0.1, -0.05) is 106 Å². The van der Waals surface area contributed by atoms with Crippen molar-refractivity contribution in [1.29, 1.82) is 0 Å². The summed E-state index contributed by atoms with van der Waals surface area (Å²) < 4.78 is 29.6. The van der Waals surface area contributed by atoms with Gasteiger partial charge >= 0.3 is 35.8 Å². The standard InChI is InChI=1S/C19H21Cl2NO4.C17H17Cl2NO4.C17H18Cl2O6/c1-5-25-18(23)14-10(3)22-11(4)15(19(24)26-6-2)16(14)12-8-7-9-13(20)17(12)21;1-8-12(16(21)23-3)14(10-6-5-7-11(18)15(10)19)13(9(2)20-8)17(22)24-4;1-8(20)12(16(22)24-3)14(13(9(2)21)17(23)25-4)10-6-5-7-11(18)15(10)19/h7-9,16,22H,5-6H2,1-4H3;5-7,14,20H,1-4H3;5-7,12-14H,1-4H3. The molecule has 5 rings (SSSR count). The van der Waals surface area contributed by atoms with Crippen molar-refractivity contribution in [3.05, 3.63) is 147 Å². The van der Waals surface area contributed by atoms with Gasteiger partial charge in [-0.15, -0.1) is 0 Å². The second-order valence-corrected chi connectivity index (χ2v) is 18.7. The second kappa shape index (κ2) is 28.9. The van der Waals surface area contributed by atoms with E-state index in [1.165, 1.54) is 40.2 Å². The minimum Gasteiger partial charge on any atom is -0.468 e. The Labute approximate surface area is 464 Å². The maximum atomic E-state index is 12.7. The normalized spacial score (nSPS) is 14.8. The third-order valence-corrected chi connectivity index (χ3v) is 14.3. The summed E-state index contributed by atoms with van der Waals surface area (Å²) in [5.41, 5.74) is 4.82. The molecule has 2 aliphatic heterocycles. The molecule has 2 atom stereocenters. The highest BCUT2D eigenvalue weighted by Gasteiger charge is 2.46. The van der Waals surface area contributed by atoms with E-state index in [0.29, 0.717) is 55.1 Å². The molecule has 0 saturated carbocycles. The van der Waals surface area contributed by atoms with Gasteiger partial charge < -0.3 is 39.1 Å². The van der Waals surface area contributed by atoms with Crippen LogP contribution in [0.15, 0.2) is 99.7 Å². The molecule has 3 aromatic rings.